The third-order valence-electron chi connectivity index (χ3n) is 2.31. The fourth-order valence-corrected chi connectivity index (χ4v) is 1.38. The SMILES string of the molecule is C=CCNC(=O)C(C)Nc1cccc(F)c1C#N. The lowest BCUT2D eigenvalue weighted by molar-refractivity contribution is -0.121. The lowest BCUT2D eigenvalue weighted by Crippen LogP contribution is -2.37. The van der Waals surface area contributed by atoms with Crippen molar-refractivity contribution in [2.24, 2.45) is 0 Å². The van der Waals surface area contributed by atoms with Gasteiger partial charge in [0.1, 0.15) is 23.5 Å². The van der Waals surface area contributed by atoms with E-state index in [0.29, 0.717) is 12.2 Å². The van der Waals surface area contributed by atoms with Gasteiger partial charge in [-0.25, -0.2) is 4.39 Å². The fourth-order valence-electron chi connectivity index (χ4n) is 1.38. The second-order valence-corrected chi connectivity index (χ2v) is 3.67. The van der Waals surface area contributed by atoms with Crippen LogP contribution in [0.5, 0.6) is 0 Å². The summed E-state index contributed by atoms with van der Waals surface area (Å²) in [6.07, 6.45) is 1.56. The van der Waals surface area contributed by atoms with Gasteiger partial charge in [-0.05, 0) is 19.1 Å². The van der Waals surface area contributed by atoms with E-state index in [1.54, 1.807) is 25.1 Å². The van der Waals surface area contributed by atoms with Gasteiger partial charge >= 0.3 is 0 Å². The molecule has 1 atom stereocenters. The number of benzene rings is 1. The van der Waals surface area contributed by atoms with Crippen molar-refractivity contribution in [3.63, 3.8) is 0 Å². The first-order chi connectivity index (χ1) is 8.60. The lowest BCUT2D eigenvalue weighted by Gasteiger charge is -2.15. The molecule has 0 bridgehead atoms. The monoisotopic (exact) mass is 247 g/mol. The highest BCUT2D eigenvalue weighted by Crippen LogP contribution is 2.18. The number of halogens is 1. The summed E-state index contributed by atoms with van der Waals surface area (Å²) in [4.78, 5) is 11.6. The van der Waals surface area contributed by atoms with Crippen molar-refractivity contribution in [1.82, 2.24) is 5.32 Å². The molecule has 4 nitrogen and oxygen atoms in total. The summed E-state index contributed by atoms with van der Waals surface area (Å²) in [7, 11) is 0. The molecule has 0 aliphatic heterocycles. The summed E-state index contributed by atoms with van der Waals surface area (Å²) in [6.45, 7) is 5.48. The topological polar surface area (TPSA) is 64.9 Å². The van der Waals surface area contributed by atoms with Crippen molar-refractivity contribution in [3.8, 4) is 6.07 Å². The Morgan fingerprint density at radius 2 is 2.39 bits per heavy atom. The molecular formula is C13H14FN3O. The van der Waals surface area contributed by atoms with Gasteiger partial charge in [0.15, 0.2) is 0 Å². The van der Waals surface area contributed by atoms with E-state index in [9.17, 15) is 9.18 Å². The predicted molar refractivity (Wildman–Crippen MR) is 67.4 cm³/mol. The Labute approximate surface area is 105 Å². The third-order valence-corrected chi connectivity index (χ3v) is 2.31. The van der Waals surface area contributed by atoms with Crippen LogP contribution in [0.15, 0.2) is 30.9 Å². The van der Waals surface area contributed by atoms with Gasteiger partial charge in [-0.3, -0.25) is 4.79 Å². The van der Waals surface area contributed by atoms with Gasteiger partial charge in [-0.2, -0.15) is 5.26 Å². The van der Waals surface area contributed by atoms with E-state index < -0.39 is 11.9 Å². The molecule has 1 amide bonds. The van der Waals surface area contributed by atoms with Gasteiger partial charge in [-0.15, -0.1) is 6.58 Å². The van der Waals surface area contributed by atoms with Gasteiger partial charge < -0.3 is 10.6 Å². The number of rotatable bonds is 5. The van der Waals surface area contributed by atoms with Crippen LogP contribution in [0.2, 0.25) is 0 Å². The molecule has 0 fully saturated rings. The maximum Gasteiger partial charge on any atom is 0.242 e. The van der Waals surface area contributed by atoms with Gasteiger partial charge in [0.25, 0.3) is 0 Å². The summed E-state index contributed by atoms with van der Waals surface area (Å²) < 4.78 is 13.3. The molecule has 0 aliphatic carbocycles. The molecule has 0 heterocycles. The maximum absolute atomic E-state index is 13.3. The second-order valence-electron chi connectivity index (χ2n) is 3.67. The minimum Gasteiger partial charge on any atom is -0.373 e. The molecule has 0 saturated heterocycles. The smallest absolute Gasteiger partial charge is 0.242 e. The first-order valence-corrected chi connectivity index (χ1v) is 5.44. The lowest BCUT2D eigenvalue weighted by atomic mass is 10.1. The minimum absolute atomic E-state index is 0.0964. The Kier molecular flexibility index (Phi) is 4.88. The normalized spacial score (nSPS) is 11.2. The van der Waals surface area contributed by atoms with Crippen LogP contribution < -0.4 is 10.6 Å². The zero-order valence-corrected chi connectivity index (χ0v) is 10.0. The van der Waals surface area contributed by atoms with Crippen LogP contribution in [-0.2, 0) is 4.79 Å². The fraction of sp³-hybridized carbons (Fsp3) is 0.231. The van der Waals surface area contributed by atoms with E-state index in [2.05, 4.69) is 17.2 Å². The molecule has 18 heavy (non-hydrogen) atoms. The third kappa shape index (κ3) is 3.32. The molecule has 2 N–H and O–H groups in total. The standard InChI is InChI=1S/C13H14FN3O/c1-3-7-16-13(18)9(2)17-12-6-4-5-11(14)10(12)8-15/h3-6,9,17H,1,7H2,2H3,(H,16,18). The zero-order valence-electron chi connectivity index (χ0n) is 10.0. The number of carbonyl (C=O) groups is 1. The van der Waals surface area contributed by atoms with E-state index in [4.69, 9.17) is 5.26 Å². The molecular weight excluding hydrogens is 233 g/mol. The molecule has 0 aliphatic rings. The largest absolute Gasteiger partial charge is 0.373 e. The van der Waals surface area contributed by atoms with Crippen LogP contribution >= 0.6 is 0 Å². The summed E-state index contributed by atoms with van der Waals surface area (Å²) in [5, 5.41) is 14.3. The highest BCUT2D eigenvalue weighted by Gasteiger charge is 2.15. The quantitative estimate of drug-likeness (QED) is 0.780. The van der Waals surface area contributed by atoms with Crippen LogP contribution in [0.4, 0.5) is 10.1 Å². The Morgan fingerprint density at radius 3 is 3.00 bits per heavy atom. The molecule has 5 heteroatoms. The van der Waals surface area contributed by atoms with Crippen molar-refractivity contribution >= 4 is 11.6 Å². The number of nitriles is 1. The number of anilines is 1. The Morgan fingerprint density at radius 1 is 1.67 bits per heavy atom. The zero-order chi connectivity index (χ0) is 13.5. The van der Waals surface area contributed by atoms with Gasteiger partial charge in [0.05, 0.1) is 5.69 Å². The first kappa shape index (κ1) is 13.7. The highest BCUT2D eigenvalue weighted by atomic mass is 19.1. The molecule has 94 valence electrons. The molecule has 1 unspecified atom stereocenters. The van der Waals surface area contributed by atoms with Gasteiger partial charge in [0.2, 0.25) is 5.91 Å². The Balaban J connectivity index is 2.79. The van der Waals surface area contributed by atoms with Crippen molar-refractivity contribution in [2.45, 2.75) is 13.0 Å². The van der Waals surface area contributed by atoms with E-state index in [1.165, 1.54) is 12.1 Å². The number of hydrogen-bond acceptors (Lipinski definition) is 3. The molecule has 0 aromatic heterocycles. The van der Waals surface area contributed by atoms with Crippen molar-refractivity contribution < 1.29 is 9.18 Å². The molecule has 1 rings (SSSR count). The summed E-state index contributed by atoms with van der Waals surface area (Å²) in [5.41, 5.74) is 0.208. The number of nitrogens with one attached hydrogen (secondary N) is 2. The summed E-state index contributed by atoms with van der Waals surface area (Å²) >= 11 is 0. The molecule has 0 saturated carbocycles. The second kappa shape index (κ2) is 6.40. The summed E-state index contributed by atoms with van der Waals surface area (Å²) in [6, 6.07) is 5.43. The van der Waals surface area contributed by atoms with Crippen molar-refractivity contribution in [2.75, 3.05) is 11.9 Å². The number of hydrogen-bond donors (Lipinski definition) is 2. The number of nitrogens with zero attached hydrogens (tertiary/aromatic N) is 1. The summed E-state index contributed by atoms with van der Waals surface area (Å²) in [5.74, 6) is -0.857. The van der Waals surface area contributed by atoms with Crippen LogP contribution in [0, 0.1) is 17.1 Å². The molecule has 1 aromatic rings. The highest BCUT2D eigenvalue weighted by molar-refractivity contribution is 5.84. The van der Waals surface area contributed by atoms with Crippen LogP contribution in [0.25, 0.3) is 0 Å². The Hall–Kier alpha value is -2.35. The average molecular weight is 247 g/mol. The van der Waals surface area contributed by atoms with E-state index in [-0.39, 0.29) is 11.5 Å². The van der Waals surface area contributed by atoms with Gasteiger partial charge in [0, 0.05) is 6.54 Å². The number of amides is 1. The van der Waals surface area contributed by atoms with Crippen LogP contribution in [0.3, 0.4) is 0 Å². The van der Waals surface area contributed by atoms with Crippen molar-refractivity contribution in [3.05, 3.63) is 42.2 Å². The first-order valence-electron chi connectivity index (χ1n) is 5.44. The molecule has 1 aromatic carbocycles. The predicted octanol–water partition coefficient (Wildman–Crippen LogP) is 1.80. The van der Waals surface area contributed by atoms with E-state index in [0.717, 1.165) is 0 Å². The maximum atomic E-state index is 13.3. The van der Waals surface area contributed by atoms with Crippen molar-refractivity contribution in [1.29, 1.82) is 5.26 Å². The van der Waals surface area contributed by atoms with E-state index in [1.807, 2.05) is 0 Å². The number of carbonyl (C=O) groups excluding carboxylic acids is 1. The van der Waals surface area contributed by atoms with Crippen LogP contribution in [-0.4, -0.2) is 18.5 Å². The van der Waals surface area contributed by atoms with E-state index >= 15 is 0 Å². The van der Waals surface area contributed by atoms with Gasteiger partial charge in [-0.1, -0.05) is 12.1 Å². The van der Waals surface area contributed by atoms with Crippen LogP contribution in [0.1, 0.15) is 12.5 Å². The minimum atomic E-state index is -0.610. The average Bonchev–Trinajstić information content (AvgIpc) is 2.36. The molecule has 0 spiro atoms. The molecule has 0 radical (unpaired) electrons. The Bertz CT molecular complexity index is 493.